The van der Waals surface area contributed by atoms with Crippen LogP contribution in [0.2, 0.25) is 0 Å². The summed E-state index contributed by atoms with van der Waals surface area (Å²) in [6, 6.07) is 2.06. The Balaban J connectivity index is 2.17. The molecule has 5 nitrogen and oxygen atoms in total. The van der Waals surface area contributed by atoms with Crippen molar-refractivity contribution in [1.82, 2.24) is 9.97 Å². The molecule has 0 spiro atoms. The average Bonchev–Trinajstić information content (AvgIpc) is 2.31. The highest BCUT2D eigenvalue weighted by atomic mass is 16.5. The van der Waals surface area contributed by atoms with E-state index in [-0.39, 0.29) is 12.1 Å². The highest BCUT2D eigenvalue weighted by molar-refractivity contribution is 5.35. The Bertz CT molecular complexity index is 435. The van der Waals surface area contributed by atoms with Crippen molar-refractivity contribution < 1.29 is 4.74 Å². The number of piperidine rings is 1. The Morgan fingerprint density at radius 1 is 1.42 bits per heavy atom. The maximum absolute atomic E-state index is 6.13. The van der Waals surface area contributed by atoms with E-state index < -0.39 is 0 Å². The van der Waals surface area contributed by atoms with E-state index in [1.54, 1.807) is 0 Å². The van der Waals surface area contributed by atoms with Crippen molar-refractivity contribution in [3.05, 3.63) is 11.8 Å². The smallest absolute Gasteiger partial charge is 0.228 e. The monoisotopic (exact) mass is 264 g/mol. The molecule has 1 saturated heterocycles. The first-order valence-electron chi connectivity index (χ1n) is 6.98. The number of nitrogens with zero attached hydrogens (tertiary/aromatic N) is 3. The summed E-state index contributed by atoms with van der Waals surface area (Å²) < 4.78 is 5.67. The van der Waals surface area contributed by atoms with Gasteiger partial charge in [-0.3, -0.25) is 0 Å². The van der Waals surface area contributed by atoms with Crippen LogP contribution in [0.3, 0.4) is 0 Å². The molecular weight excluding hydrogens is 240 g/mol. The van der Waals surface area contributed by atoms with E-state index in [1.165, 1.54) is 0 Å². The fraction of sp³-hybridized carbons (Fsp3) is 0.714. The molecule has 1 aromatic heterocycles. The fourth-order valence-electron chi connectivity index (χ4n) is 2.25. The molecule has 106 valence electrons. The summed E-state index contributed by atoms with van der Waals surface area (Å²) in [5.74, 6) is 1.94. The Hall–Kier alpha value is -1.36. The van der Waals surface area contributed by atoms with Gasteiger partial charge in [0.05, 0.1) is 6.10 Å². The molecule has 2 heterocycles. The summed E-state index contributed by atoms with van der Waals surface area (Å²) in [5.41, 5.74) is 7.06. The van der Waals surface area contributed by atoms with Gasteiger partial charge in [-0.2, -0.15) is 4.98 Å². The maximum atomic E-state index is 6.13. The maximum Gasteiger partial charge on any atom is 0.228 e. The van der Waals surface area contributed by atoms with Crippen LogP contribution >= 0.6 is 0 Å². The number of aryl methyl sites for hydroxylation is 1. The summed E-state index contributed by atoms with van der Waals surface area (Å²) in [7, 11) is 0. The average molecular weight is 264 g/mol. The molecule has 1 fully saturated rings. The van der Waals surface area contributed by atoms with E-state index in [4.69, 9.17) is 10.5 Å². The third-order valence-corrected chi connectivity index (χ3v) is 3.47. The zero-order chi connectivity index (χ0) is 14.0. The van der Waals surface area contributed by atoms with Crippen LogP contribution in [0.25, 0.3) is 0 Å². The molecule has 2 N–H and O–H groups in total. The lowest BCUT2D eigenvalue weighted by atomic mass is 9.94. The van der Waals surface area contributed by atoms with Gasteiger partial charge in [-0.15, -0.1) is 0 Å². The van der Waals surface area contributed by atoms with Crippen LogP contribution < -0.4 is 15.4 Å². The molecule has 5 heteroatoms. The van der Waals surface area contributed by atoms with Crippen molar-refractivity contribution in [2.75, 3.05) is 18.0 Å². The lowest BCUT2D eigenvalue weighted by Crippen LogP contribution is -2.48. The van der Waals surface area contributed by atoms with Crippen molar-refractivity contribution in [1.29, 1.82) is 0 Å². The van der Waals surface area contributed by atoms with Gasteiger partial charge in [0.25, 0.3) is 0 Å². The van der Waals surface area contributed by atoms with Crippen LogP contribution in [-0.4, -0.2) is 35.2 Å². The normalized spacial score (nSPS) is 23.8. The molecule has 0 aliphatic carbocycles. The zero-order valence-corrected chi connectivity index (χ0v) is 12.3. The van der Waals surface area contributed by atoms with Crippen molar-refractivity contribution >= 4 is 5.95 Å². The quantitative estimate of drug-likeness (QED) is 0.901. The lowest BCUT2D eigenvalue weighted by Gasteiger charge is -2.35. The van der Waals surface area contributed by atoms with Gasteiger partial charge in [-0.05, 0) is 33.1 Å². The standard InChI is InChI=1S/C14H24N4O/c1-9(2)19-13-7-11(4)16-14(17-13)18-6-5-10(3)12(15)8-18/h7,9-10,12H,5-6,8,15H2,1-4H3. The van der Waals surface area contributed by atoms with Gasteiger partial charge in [0.15, 0.2) is 0 Å². The molecule has 1 aliphatic heterocycles. The third kappa shape index (κ3) is 3.56. The van der Waals surface area contributed by atoms with Crippen LogP contribution in [0, 0.1) is 12.8 Å². The van der Waals surface area contributed by atoms with Crippen LogP contribution in [0.4, 0.5) is 5.95 Å². The molecule has 1 aliphatic rings. The second kappa shape index (κ2) is 5.74. The zero-order valence-electron chi connectivity index (χ0n) is 12.3. The number of aromatic nitrogens is 2. The van der Waals surface area contributed by atoms with Gasteiger partial charge >= 0.3 is 0 Å². The first-order chi connectivity index (χ1) is 8.95. The van der Waals surface area contributed by atoms with Crippen molar-refractivity contribution in [2.24, 2.45) is 11.7 Å². The highest BCUT2D eigenvalue weighted by Crippen LogP contribution is 2.22. The first kappa shape index (κ1) is 14.1. The van der Waals surface area contributed by atoms with Crippen LogP contribution in [0.5, 0.6) is 5.88 Å². The first-order valence-corrected chi connectivity index (χ1v) is 6.98. The molecule has 0 amide bonds. The van der Waals surface area contributed by atoms with Crippen LogP contribution in [0.1, 0.15) is 32.9 Å². The second-order valence-electron chi connectivity index (χ2n) is 5.69. The van der Waals surface area contributed by atoms with Crippen molar-refractivity contribution in [3.63, 3.8) is 0 Å². The molecule has 2 rings (SSSR count). The van der Waals surface area contributed by atoms with Gasteiger partial charge in [0, 0.05) is 30.9 Å². The molecular formula is C14H24N4O. The number of rotatable bonds is 3. The Morgan fingerprint density at radius 3 is 2.79 bits per heavy atom. The molecule has 0 saturated carbocycles. The Kier molecular flexibility index (Phi) is 4.24. The molecule has 0 bridgehead atoms. The summed E-state index contributed by atoms with van der Waals surface area (Å²) in [6.07, 6.45) is 1.20. The summed E-state index contributed by atoms with van der Waals surface area (Å²) in [6.45, 7) is 9.92. The lowest BCUT2D eigenvalue weighted by molar-refractivity contribution is 0.232. The van der Waals surface area contributed by atoms with Gasteiger partial charge in [0.1, 0.15) is 0 Å². The predicted octanol–water partition coefficient (Wildman–Crippen LogP) is 1.75. The summed E-state index contributed by atoms with van der Waals surface area (Å²) in [4.78, 5) is 11.2. The Labute approximate surface area is 115 Å². The minimum absolute atomic E-state index is 0.116. The van der Waals surface area contributed by atoms with E-state index in [0.29, 0.717) is 11.8 Å². The Morgan fingerprint density at radius 2 is 2.16 bits per heavy atom. The van der Waals surface area contributed by atoms with E-state index in [9.17, 15) is 0 Å². The molecule has 0 radical (unpaired) electrons. The van der Waals surface area contributed by atoms with E-state index in [1.807, 2.05) is 26.8 Å². The second-order valence-corrected chi connectivity index (χ2v) is 5.69. The van der Waals surface area contributed by atoms with Gasteiger partial charge in [0.2, 0.25) is 11.8 Å². The minimum Gasteiger partial charge on any atom is -0.475 e. The molecule has 1 aromatic rings. The highest BCUT2D eigenvalue weighted by Gasteiger charge is 2.25. The van der Waals surface area contributed by atoms with E-state index in [2.05, 4.69) is 21.8 Å². The molecule has 2 unspecified atom stereocenters. The van der Waals surface area contributed by atoms with Crippen molar-refractivity contribution in [3.8, 4) is 5.88 Å². The molecule has 2 atom stereocenters. The number of hydrogen-bond acceptors (Lipinski definition) is 5. The van der Waals surface area contributed by atoms with Crippen molar-refractivity contribution in [2.45, 2.75) is 46.3 Å². The SMILES string of the molecule is Cc1cc(OC(C)C)nc(N2CCC(C)C(N)C2)n1. The molecule has 19 heavy (non-hydrogen) atoms. The fourth-order valence-corrected chi connectivity index (χ4v) is 2.25. The minimum atomic E-state index is 0.116. The largest absolute Gasteiger partial charge is 0.475 e. The van der Waals surface area contributed by atoms with Crippen LogP contribution in [-0.2, 0) is 0 Å². The topological polar surface area (TPSA) is 64.3 Å². The van der Waals surface area contributed by atoms with Crippen LogP contribution in [0.15, 0.2) is 6.07 Å². The summed E-state index contributed by atoms with van der Waals surface area (Å²) >= 11 is 0. The number of ether oxygens (including phenoxy) is 1. The van der Waals surface area contributed by atoms with E-state index >= 15 is 0 Å². The van der Waals surface area contributed by atoms with Gasteiger partial charge < -0.3 is 15.4 Å². The van der Waals surface area contributed by atoms with Gasteiger partial charge in [-0.1, -0.05) is 6.92 Å². The number of anilines is 1. The van der Waals surface area contributed by atoms with Gasteiger partial charge in [-0.25, -0.2) is 4.98 Å². The molecule has 0 aromatic carbocycles. The summed E-state index contributed by atoms with van der Waals surface area (Å²) in [5, 5.41) is 0. The third-order valence-electron chi connectivity index (χ3n) is 3.47. The predicted molar refractivity (Wildman–Crippen MR) is 76.5 cm³/mol. The number of hydrogen-bond donors (Lipinski definition) is 1. The number of nitrogens with two attached hydrogens (primary N) is 1. The van der Waals surface area contributed by atoms with E-state index in [0.717, 1.165) is 31.2 Å².